The van der Waals surface area contributed by atoms with Gasteiger partial charge in [-0.05, 0) is 89.9 Å². The Morgan fingerprint density at radius 2 is 0.667 bits per heavy atom. The van der Waals surface area contributed by atoms with Crippen LogP contribution < -0.4 is 5.32 Å². The van der Waals surface area contributed by atoms with E-state index in [0.717, 1.165) is 51.4 Å². The van der Waals surface area contributed by atoms with Crippen LogP contribution in [0.25, 0.3) is 0 Å². The normalized spacial score (nSPS) is 12.9. The van der Waals surface area contributed by atoms with Gasteiger partial charge < -0.3 is 20.3 Å². The van der Waals surface area contributed by atoms with Gasteiger partial charge in [-0.15, -0.1) is 0 Å². The summed E-state index contributed by atoms with van der Waals surface area (Å²) in [6.07, 6.45) is 83.3. The minimum atomic E-state index is -0.841. The second-order valence-corrected chi connectivity index (χ2v) is 22.8. The maximum atomic E-state index is 12.4. The van der Waals surface area contributed by atoms with Crippen molar-refractivity contribution in [1.82, 2.24) is 5.32 Å². The Morgan fingerprint density at radius 1 is 0.373 bits per heavy atom. The number of aliphatic hydroxyl groups excluding tert-OH is 2. The van der Waals surface area contributed by atoms with Crippen LogP contribution in [-0.2, 0) is 14.3 Å². The number of rotatable bonds is 62. The summed E-state index contributed by atoms with van der Waals surface area (Å²) in [6, 6.07) is -0.625. The van der Waals surface area contributed by atoms with E-state index in [2.05, 4.69) is 55.6 Å². The lowest BCUT2D eigenvalue weighted by Crippen LogP contribution is -2.45. The van der Waals surface area contributed by atoms with Gasteiger partial charge in [-0.3, -0.25) is 9.59 Å². The molecule has 0 rings (SSSR count). The number of hydrogen-bond donors (Lipinski definition) is 3. The SMILES string of the molecule is CCCCC/C=C\C/C=C\CCCCCCCC(=O)OCCCCCCCCCCCCCC/C=C\CCCCCCCCCCCCCCCCCCC(=O)NC(CO)C(O)/C=C/CCCCCCCCCCC. The molecule has 0 aliphatic carbocycles. The van der Waals surface area contributed by atoms with Crippen molar-refractivity contribution in [1.29, 1.82) is 0 Å². The summed E-state index contributed by atoms with van der Waals surface area (Å²) >= 11 is 0. The van der Waals surface area contributed by atoms with Crippen LogP contribution in [0.5, 0.6) is 0 Å². The van der Waals surface area contributed by atoms with Crippen LogP contribution in [0.15, 0.2) is 48.6 Å². The number of carbonyl (C=O) groups excluding carboxylic acids is 2. The zero-order valence-corrected chi connectivity index (χ0v) is 50.3. The smallest absolute Gasteiger partial charge is 0.305 e. The van der Waals surface area contributed by atoms with Gasteiger partial charge in [-0.25, -0.2) is 0 Å². The molecule has 2 atom stereocenters. The number of unbranched alkanes of at least 4 members (excludes halogenated alkanes) is 45. The van der Waals surface area contributed by atoms with Crippen LogP contribution in [0.4, 0.5) is 0 Å². The van der Waals surface area contributed by atoms with E-state index in [1.165, 1.54) is 276 Å². The van der Waals surface area contributed by atoms with Gasteiger partial charge in [0.25, 0.3) is 0 Å². The van der Waals surface area contributed by atoms with Crippen molar-refractivity contribution in [2.24, 2.45) is 0 Å². The van der Waals surface area contributed by atoms with Crippen molar-refractivity contribution in [3.8, 4) is 0 Å². The molecule has 6 nitrogen and oxygen atoms in total. The van der Waals surface area contributed by atoms with Gasteiger partial charge in [0.15, 0.2) is 0 Å². The van der Waals surface area contributed by atoms with Gasteiger partial charge in [0.1, 0.15) is 0 Å². The van der Waals surface area contributed by atoms with E-state index < -0.39 is 12.1 Å². The Bertz CT molecular complexity index is 1260. The second-order valence-electron chi connectivity index (χ2n) is 22.8. The summed E-state index contributed by atoms with van der Waals surface area (Å²) in [5, 5.41) is 23.0. The molecule has 75 heavy (non-hydrogen) atoms. The molecule has 0 saturated carbocycles. The van der Waals surface area contributed by atoms with Crippen molar-refractivity contribution in [3.05, 3.63) is 48.6 Å². The summed E-state index contributed by atoms with van der Waals surface area (Å²) in [6.45, 7) is 4.87. The fraction of sp³-hybridized carbons (Fsp3) is 0.855. The van der Waals surface area contributed by atoms with Crippen molar-refractivity contribution < 1.29 is 24.5 Å². The fourth-order valence-electron chi connectivity index (χ4n) is 10.2. The summed E-state index contributed by atoms with van der Waals surface area (Å²) in [5.74, 6) is -0.0624. The Labute approximate surface area is 467 Å². The molecule has 440 valence electrons. The molecule has 0 aromatic rings. The van der Waals surface area contributed by atoms with Gasteiger partial charge in [0.05, 0.1) is 25.4 Å². The van der Waals surface area contributed by atoms with E-state index in [1.807, 2.05) is 6.08 Å². The molecule has 6 heteroatoms. The summed E-state index contributed by atoms with van der Waals surface area (Å²) in [5.41, 5.74) is 0. The Hall–Kier alpha value is -2.18. The predicted molar refractivity (Wildman–Crippen MR) is 329 cm³/mol. The molecular weight excluding hydrogens is 923 g/mol. The van der Waals surface area contributed by atoms with Gasteiger partial charge in [0, 0.05) is 12.8 Å². The van der Waals surface area contributed by atoms with Crippen LogP contribution in [0.1, 0.15) is 354 Å². The molecule has 0 aliphatic rings. The van der Waals surface area contributed by atoms with Crippen LogP contribution >= 0.6 is 0 Å². The molecule has 0 fully saturated rings. The molecule has 2 unspecified atom stereocenters. The average molecular weight is 1050 g/mol. The first kappa shape index (κ1) is 72.8. The highest BCUT2D eigenvalue weighted by molar-refractivity contribution is 5.76. The molecule has 1 amide bonds. The van der Waals surface area contributed by atoms with E-state index >= 15 is 0 Å². The van der Waals surface area contributed by atoms with Gasteiger partial charge >= 0.3 is 5.97 Å². The lowest BCUT2D eigenvalue weighted by molar-refractivity contribution is -0.143. The number of nitrogens with one attached hydrogen (secondary N) is 1. The third kappa shape index (κ3) is 60.9. The van der Waals surface area contributed by atoms with E-state index in [4.69, 9.17) is 4.74 Å². The number of aliphatic hydroxyl groups is 2. The van der Waals surface area contributed by atoms with Crippen LogP contribution in [0.2, 0.25) is 0 Å². The van der Waals surface area contributed by atoms with E-state index in [-0.39, 0.29) is 18.5 Å². The zero-order chi connectivity index (χ0) is 54.3. The monoisotopic (exact) mass is 1050 g/mol. The van der Waals surface area contributed by atoms with Crippen molar-refractivity contribution >= 4 is 11.9 Å². The number of ether oxygens (including phenoxy) is 1. The van der Waals surface area contributed by atoms with Gasteiger partial charge in [0.2, 0.25) is 5.91 Å². The molecule has 0 aromatic heterocycles. The number of carbonyl (C=O) groups is 2. The highest BCUT2D eigenvalue weighted by Gasteiger charge is 2.18. The lowest BCUT2D eigenvalue weighted by atomic mass is 10.0. The first-order chi connectivity index (χ1) is 37.0. The Kier molecular flexibility index (Phi) is 62.5. The van der Waals surface area contributed by atoms with Crippen LogP contribution in [-0.4, -0.2) is 47.4 Å². The lowest BCUT2D eigenvalue weighted by Gasteiger charge is -2.20. The van der Waals surface area contributed by atoms with E-state index in [9.17, 15) is 19.8 Å². The summed E-state index contributed by atoms with van der Waals surface area (Å²) < 4.78 is 5.48. The third-order valence-corrected chi connectivity index (χ3v) is 15.3. The maximum Gasteiger partial charge on any atom is 0.305 e. The highest BCUT2D eigenvalue weighted by atomic mass is 16.5. The van der Waals surface area contributed by atoms with E-state index in [0.29, 0.717) is 19.4 Å². The molecule has 0 heterocycles. The first-order valence-corrected chi connectivity index (χ1v) is 33.4. The third-order valence-electron chi connectivity index (χ3n) is 15.3. The average Bonchev–Trinajstić information content (AvgIpc) is 3.41. The Morgan fingerprint density at radius 3 is 1.05 bits per heavy atom. The second kappa shape index (κ2) is 64.3. The molecule has 3 N–H and O–H groups in total. The van der Waals surface area contributed by atoms with Crippen molar-refractivity contribution in [2.45, 2.75) is 366 Å². The van der Waals surface area contributed by atoms with Crippen molar-refractivity contribution in [3.63, 3.8) is 0 Å². The van der Waals surface area contributed by atoms with Crippen LogP contribution in [0.3, 0.4) is 0 Å². The molecule has 0 aromatic carbocycles. The number of allylic oxidation sites excluding steroid dienone is 7. The minimum absolute atomic E-state index is 0.00366. The topological polar surface area (TPSA) is 95.9 Å². The zero-order valence-electron chi connectivity index (χ0n) is 50.3. The Balaban J connectivity index is 3.35. The number of hydrogen-bond acceptors (Lipinski definition) is 5. The summed E-state index contributed by atoms with van der Waals surface area (Å²) in [7, 11) is 0. The first-order valence-electron chi connectivity index (χ1n) is 33.4. The number of amides is 1. The van der Waals surface area contributed by atoms with Gasteiger partial charge in [-0.2, -0.15) is 0 Å². The molecule has 0 bridgehead atoms. The highest BCUT2D eigenvalue weighted by Crippen LogP contribution is 2.17. The van der Waals surface area contributed by atoms with E-state index in [1.54, 1.807) is 6.08 Å². The molecule has 0 radical (unpaired) electrons. The van der Waals surface area contributed by atoms with Crippen molar-refractivity contribution in [2.75, 3.05) is 13.2 Å². The maximum absolute atomic E-state index is 12.4. The molecular formula is C69H129NO5. The largest absolute Gasteiger partial charge is 0.466 e. The molecule has 0 aliphatic heterocycles. The number of esters is 1. The quantitative estimate of drug-likeness (QED) is 0.0320. The van der Waals surface area contributed by atoms with Crippen LogP contribution in [0, 0.1) is 0 Å². The standard InChI is InChI=1S/C69H129NO5/c1-3-5-7-9-11-13-15-16-35-39-43-47-51-55-59-63-69(74)75-64-60-56-52-48-44-40-37-34-32-30-28-26-24-22-20-18-17-19-21-23-25-27-29-31-33-36-38-42-46-50-54-58-62-68(73)70-66(65-71)67(72)61-57-53-49-45-41-14-12-10-8-6-4-2/h11,13,16,20,22,35,57,61,66-67,71-72H,3-10,12,14-15,17-19,21,23-34,36-56,58-60,62-65H2,1-2H3,(H,70,73)/b13-11-,22-20-,35-16-,61-57+. The summed E-state index contributed by atoms with van der Waals surface area (Å²) in [4.78, 5) is 24.5. The minimum Gasteiger partial charge on any atom is -0.466 e. The fourth-order valence-corrected chi connectivity index (χ4v) is 10.2. The predicted octanol–water partition coefficient (Wildman–Crippen LogP) is 21.3. The molecule has 0 saturated heterocycles. The molecule has 0 spiro atoms. The van der Waals surface area contributed by atoms with Gasteiger partial charge in [-0.1, -0.05) is 300 Å².